The van der Waals surface area contributed by atoms with Gasteiger partial charge in [0.1, 0.15) is 5.82 Å². The lowest BCUT2D eigenvalue weighted by atomic mass is 10.1. The van der Waals surface area contributed by atoms with Crippen molar-refractivity contribution in [3.63, 3.8) is 0 Å². The molecule has 3 rings (SSSR count). The fraction of sp³-hybridized carbons (Fsp3) is 0.476. The van der Waals surface area contributed by atoms with Crippen molar-refractivity contribution in [3.05, 3.63) is 59.2 Å². The number of imidazole rings is 1. The van der Waals surface area contributed by atoms with Gasteiger partial charge in [0.05, 0.1) is 13.2 Å². The van der Waals surface area contributed by atoms with E-state index in [0.29, 0.717) is 6.61 Å². The number of aryl methyl sites for hydroxylation is 1. The Balaban J connectivity index is 1.52. The third-order valence-corrected chi connectivity index (χ3v) is 4.98. The summed E-state index contributed by atoms with van der Waals surface area (Å²) < 4.78 is 7.42. The number of hydrogen-bond acceptors (Lipinski definition) is 4. The van der Waals surface area contributed by atoms with Crippen LogP contribution >= 0.6 is 0 Å². The lowest BCUT2D eigenvalue weighted by molar-refractivity contribution is 0.132. The molecule has 0 saturated carbocycles. The molecular formula is C21H30N4O. The predicted molar refractivity (Wildman–Crippen MR) is 106 cm³/mol. The van der Waals surface area contributed by atoms with Crippen LogP contribution in [0.1, 0.15) is 23.9 Å². The minimum absolute atomic E-state index is 0.659. The SMILES string of the molecule is COCc1ccccc1C=C(C)CN1CCN(Cc2nccn2C)CC1. The summed E-state index contributed by atoms with van der Waals surface area (Å²) in [6.07, 6.45) is 6.19. The molecule has 5 nitrogen and oxygen atoms in total. The fourth-order valence-corrected chi connectivity index (χ4v) is 3.48. The van der Waals surface area contributed by atoms with E-state index in [4.69, 9.17) is 4.74 Å². The summed E-state index contributed by atoms with van der Waals surface area (Å²) in [7, 11) is 3.81. The van der Waals surface area contributed by atoms with Crippen LogP contribution in [-0.4, -0.2) is 59.2 Å². The molecule has 0 amide bonds. The van der Waals surface area contributed by atoms with Gasteiger partial charge in [0.25, 0.3) is 0 Å². The minimum Gasteiger partial charge on any atom is -0.380 e. The van der Waals surface area contributed by atoms with Crippen LogP contribution in [0.4, 0.5) is 0 Å². The molecule has 5 heteroatoms. The third kappa shape index (κ3) is 5.04. The van der Waals surface area contributed by atoms with Crippen LogP contribution in [0.2, 0.25) is 0 Å². The molecule has 1 saturated heterocycles. The number of piperazine rings is 1. The highest BCUT2D eigenvalue weighted by Crippen LogP contribution is 2.15. The van der Waals surface area contributed by atoms with Gasteiger partial charge in [0.15, 0.2) is 0 Å². The zero-order valence-electron chi connectivity index (χ0n) is 16.2. The van der Waals surface area contributed by atoms with Crippen LogP contribution in [0.25, 0.3) is 6.08 Å². The summed E-state index contributed by atoms with van der Waals surface area (Å²) in [6.45, 7) is 9.26. The predicted octanol–water partition coefficient (Wildman–Crippen LogP) is 2.79. The zero-order chi connectivity index (χ0) is 18.4. The summed E-state index contributed by atoms with van der Waals surface area (Å²) in [5.74, 6) is 1.14. The molecule has 1 aromatic carbocycles. The van der Waals surface area contributed by atoms with E-state index >= 15 is 0 Å². The van der Waals surface area contributed by atoms with Gasteiger partial charge in [-0.1, -0.05) is 35.9 Å². The zero-order valence-corrected chi connectivity index (χ0v) is 16.2. The summed E-state index contributed by atoms with van der Waals surface area (Å²) >= 11 is 0. The molecule has 0 radical (unpaired) electrons. The van der Waals surface area contributed by atoms with Gasteiger partial charge in [-0.3, -0.25) is 9.80 Å². The van der Waals surface area contributed by atoms with E-state index in [1.54, 1.807) is 7.11 Å². The van der Waals surface area contributed by atoms with Crippen molar-refractivity contribution < 1.29 is 4.74 Å². The normalized spacial score (nSPS) is 17.0. The average molecular weight is 354 g/mol. The van der Waals surface area contributed by atoms with Crippen molar-refractivity contribution in [1.82, 2.24) is 19.4 Å². The number of aromatic nitrogens is 2. The Morgan fingerprint density at radius 2 is 1.88 bits per heavy atom. The first-order chi connectivity index (χ1) is 12.7. The Morgan fingerprint density at radius 3 is 2.58 bits per heavy atom. The molecule has 2 aromatic rings. The van der Waals surface area contributed by atoms with E-state index in [1.165, 1.54) is 16.7 Å². The molecule has 26 heavy (non-hydrogen) atoms. The van der Waals surface area contributed by atoms with Gasteiger partial charge in [-0.05, 0) is 18.1 Å². The monoisotopic (exact) mass is 354 g/mol. The molecule has 140 valence electrons. The van der Waals surface area contributed by atoms with Crippen molar-refractivity contribution in [2.45, 2.75) is 20.1 Å². The van der Waals surface area contributed by atoms with Crippen molar-refractivity contribution in [2.75, 3.05) is 39.8 Å². The van der Waals surface area contributed by atoms with Crippen LogP contribution in [0.3, 0.4) is 0 Å². The van der Waals surface area contributed by atoms with Crippen LogP contribution < -0.4 is 0 Å². The standard InChI is InChI=1S/C21H30N4O/c1-18(14-19-6-4-5-7-20(19)17-26-3)15-24-10-12-25(13-11-24)16-21-22-8-9-23(21)2/h4-9,14H,10-13,15-17H2,1-3H3. The maximum Gasteiger partial charge on any atom is 0.122 e. The summed E-state index contributed by atoms with van der Waals surface area (Å²) in [5, 5.41) is 0. The molecule has 0 bridgehead atoms. The van der Waals surface area contributed by atoms with Gasteiger partial charge in [0.2, 0.25) is 0 Å². The van der Waals surface area contributed by atoms with E-state index in [9.17, 15) is 0 Å². The van der Waals surface area contributed by atoms with Crippen LogP contribution in [0, 0.1) is 0 Å². The Hall–Kier alpha value is -1.95. The molecule has 0 spiro atoms. The van der Waals surface area contributed by atoms with Crippen LogP contribution in [-0.2, 0) is 24.9 Å². The highest BCUT2D eigenvalue weighted by molar-refractivity contribution is 5.56. The fourth-order valence-electron chi connectivity index (χ4n) is 3.48. The van der Waals surface area contributed by atoms with Crippen LogP contribution in [0.15, 0.2) is 42.2 Å². The highest BCUT2D eigenvalue weighted by Gasteiger charge is 2.18. The molecule has 0 N–H and O–H groups in total. The topological polar surface area (TPSA) is 33.5 Å². The first-order valence-electron chi connectivity index (χ1n) is 9.30. The van der Waals surface area contributed by atoms with Gasteiger partial charge in [-0.25, -0.2) is 4.98 Å². The quantitative estimate of drug-likeness (QED) is 0.766. The molecule has 0 aliphatic carbocycles. The Morgan fingerprint density at radius 1 is 1.15 bits per heavy atom. The molecular weight excluding hydrogens is 324 g/mol. The van der Waals surface area contributed by atoms with Gasteiger partial charge in [-0.15, -0.1) is 0 Å². The number of nitrogens with zero attached hydrogens (tertiary/aromatic N) is 4. The molecule has 1 fully saturated rings. The van der Waals surface area contributed by atoms with E-state index < -0.39 is 0 Å². The maximum atomic E-state index is 5.31. The first-order valence-corrected chi connectivity index (χ1v) is 9.30. The van der Waals surface area contributed by atoms with E-state index in [1.807, 2.05) is 12.4 Å². The maximum absolute atomic E-state index is 5.31. The van der Waals surface area contributed by atoms with Gasteiger partial charge in [-0.2, -0.15) is 0 Å². The van der Waals surface area contributed by atoms with Crippen molar-refractivity contribution >= 4 is 6.08 Å². The number of rotatable bonds is 7. The lowest BCUT2D eigenvalue weighted by Crippen LogP contribution is -2.46. The second kappa shape index (κ2) is 9.12. The molecule has 1 aliphatic heterocycles. The highest BCUT2D eigenvalue weighted by atomic mass is 16.5. The van der Waals surface area contributed by atoms with Gasteiger partial charge < -0.3 is 9.30 Å². The average Bonchev–Trinajstić information content (AvgIpc) is 3.03. The summed E-state index contributed by atoms with van der Waals surface area (Å²) in [4.78, 5) is 9.47. The number of ether oxygens (including phenoxy) is 1. The van der Waals surface area contributed by atoms with E-state index in [0.717, 1.165) is 45.1 Å². The first kappa shape index (κ1) is 18.8. The Kier molecular flexibility index (Phi) is 6.61. The molecule has 1 aromatic heterocycles. The smallest absolute Gasteiger partial charge is 0.122 e. The number of benzene rings is 1. The lowest BCUT2D eigenvalue weighted by Gasteiger charge is -2.34. The van der Waals surface area contributed by atoms with Gasteiger partial charge >= 0.3 is 0 Å². The molecule has 1 aliphatic rings. The minimum atomic E-state index is 0.659. The van der Waals surface area contributed by atoms with Crippen molar-refractivity contribution in [1.29, 1.82) is 0 Å². The largest absolute Gasteiger partial charge is 0.380 e. The van der Waals surface area contributed by atoms with E-state index in [2.05, 4.69) is 63.7 Å². The molecule has 0 unspecified atom stereocenters. The van der Waals surface area contributed by atoms with E-state index in [-0.39, 0.29) is 0 Å². The number of methoxy groups -OCH3 is 1. The number of hydrogen-bond donors (Lipinski definition) is 0. The van der Waals surface area contributed by atoms with Gasteiger partial charge in [0, 0.05) is 59.3 Å². The van der Waals surface area contributed by atoms with Crippen LogP contribution in [0.5, 0.6) is 0 Å². The Labute approximate surface area is 156 Å². The molecule has 2 heterocycles. The second-order valence-electron chi connectivity index (χ2n) is 7.13. The van der Waals surface area contributed by atoms with Crippen molar-refractivity contribution in [3.8, 4) is 0 Å². The third-order valence-electron chi connectivity index (χ3n) is 4.98. The summed E-state index contributed by atoms with van der Waals surface area (Å²) in [5.41, 5.74) is 3.90. The van der Waals surface area contributed by atoms with Crippen molar-refractivity contribution in [2.24, 2.45) is 7.05 Å². The molecule has 0 atom stereocenters. The second-order valence-corrected chi connectivity index (χ2v) is 7.13. The summed E-state index contributed by atoms with van der Waals surface area (Å²) in [6, 6.07) is 8.47. The Bertz CT molecular complexity index is 729.